The first-order chi connectivity index (χ1) is 12.3. The molecule has 0 spiro atoms. The van der Waals surface area contributed by atoms with Crippen molar-refractivity contribution in [3.05, 3.63) is 101 Å². The van der Waals surface area contributed by atoms with Crippen molar-refractivity contribution in [2.45, 2.75) is 14.2 Å². The molecule has 0 radical (unpaired) electrons. The van der Waals surface area contributed by atoms with E-state index in [2.05, 4.69) is 96.7 Å². The van der Waals surface area contributed by atoms with E-state index in [1.165, 1.54) is 16.8 Å². The van der Waals surface area contributed by atoms with Gasteiger partial charge in [0.1, 0.15) is 0 Å². The van der Waals surface area contributed by atoms with Crippen molar-refractivity contribution in [1.82, 2.24) is 4.57 Å². The third-order valence-corrected chi connectivity index (χ3v) is 10.1. The van der Waals surface area contributed by atoms with Gasteiger partial charge in [0.2, 0.25) is 0 Å². The Labute approximate surface area is 184 Å². The summed E-state index contributed by atoms with van der Waals surface area (Å²) in [5.74, 6) is 0. The normalized spacial score (nSPS) is 18.6. The van der Waals surface area contributed by atoms with E-state index in [1.807, 2.05) is 0 Å². The number of aromatic nitrogens is 1. The second-order valence-corrected chi connectivity index (χ2v) is 10.6. The van der Waals surface area contributed by atoms with Gasteiger partial charge in [0, 0.05) is 0 Å². The summed E-state index contributed by atoms with van der Waals surface area (Å²) < 4.78 is 3.60. The number of hydrogen-bond acceptors (Lipinski definition) is 0. The number of hydrogen-bond donors (Lipinski definition) is 0. The molecule has 0 N–H and O–H groups in total. The Balaban J connectivity index is 0.00000105. The molecule has 0 saturated heterocycles. The molecule has 0 aliphatic heterocycles. The van der Waals surface area contributed by atoms with Gasteiger partial charge in [-0.3, -0.25) is 0 Å². The summed E-state index contributed by atoms with van der Waals surface area (Å²) in [7, 11) is 0. The topological polar surface area (TPSA) is 4.93 Å². The monoisotopic (exact) mass is 469 g/mol. The maximum absolute atomic E-state index is 2.46. The SMILES string of the molecule is CC1=Cc2c(cccc2-n2cccc2)[CH]1[Zr+2][CH]1C=Cc2ccccc21.[Cl-].[Cl-]. The third kappa shape index (κ3) is 3.56. The zero-order valence-corrected chi connectivity index (χ0v) is 18.9. The molecule has 27 heavy (non-hydrogen) atoms. The van der Waals surface area contributed by atoms with Crippen molar-refractivity contribution in [2.24, 2.45) is 0 Å². The Morgan fingerprint density at radius 3 is 2.41 bits per heavy atom. The van der Waals surface area contributed by atoms with Gasteiger partial charge >= 0.3 is 161 Å². The number of allylic oxidation sites excluding steroid dienone is 2. The first kappa shape index (κ1) is 20.4. The summed E-state index contributed by atoms with van der Waals surface area (Å²) in [4.78, 5) is 0. The van der Waals surface area contributed by atoms with Crippen LogP contribution in [0.3, 0.4) is 0 Å². The van der Waals surface area contributed by atoms with Crippen LogP contribution in [-0.4, -0.2) is 4.57 Å². The van der Waals surface area contributed by atoms with Gasteiger partial charge in [0.05, 0.1) is 0 Å². The average molecular weight is 472 g/mol. The fraction of sp³-hybridized carbons (Fsp3) is 0.130. The molecule has 0 fully saturated rings. The Bertz CT molecular complexity index is 1000. The van der Waals surface area contributed by atoms with E-state index >= 15 is 0 Å². The fourth-order valence-corrected chi connectivity index (χ4v) is 8.44. The van der Waals surface area contributed by atoms with Crippen LogP contribution in [0.1, 0.15) is 36.4 Å². The van der Waals surface area contributed by atoms with Gasteiger partial charge in [0.15, 0.2) is 0 Å². The third-order valence-electron chi connectivity index (χ3n) is 5.28. The van der Waals surface area contributed by atoms with Gasteiger partial charge in [-0.2, -0.15) is 0 Å². The minimum atomic E-state index is -0.683. The zero-order valence-electron chi connectivity index (χ0n) is 14.9. The van der Waals surface area contributed by atoms with Gasteiger partial charge in [-0.15, -0.1) is 0 Å². The van der Waals surface area contributed by atoms with Crippen LogP contribution in [-0.2, 0) is 23.2 Å². The summed E-state index contributed by atoms with van der Waals surface area (Å²) in [5.41, 5.74) is 8.82. The number of benzene rings is 2. The van der Waals surface area contributed by atoms with E-state index in [1.54, 1.807) is 16.7 Å². The molecule has 0 amide bonds. The Morgan fingerprint density at radius 2 is 1.59 bits per heavy atom. The molecule has 0 saturated carbocycles. The first-order valence-electron chi connectivity index (χ1n) is 8.79. The van der Waals surface area contributed by atoms with Crippen LogP contribution in [0.5, 0.6) is 0 Å². The van der Waals surface area contributed by atoms with E-state index in [4.69, 9.17) is 0 Å². The molecule has 4 heteroatoms. The maximum atomic E-state index is 2.46. The van der Waals surface area contributed by atoms with Crippen molar-refractivity contribution >= 4 is 12.2 Å². The standard InChI is InChI=1S/C14H12N.C9H7.2ClH.Zr/c1-11-9-12-5-4-6-14(13(12)10-11)15-7-2-3-8-15;1-2-5-9-7-3-6-8(9)4-1;;;/h2-10H,1H3;1-7H;2*1H;/q;;;;+2/p-2. The fourth-order valence-electron chi connectivity index (χ4n) is 4.05. The molecule has 2 aliphatic carbocycles. The Hall–Kier alpha value is -1.34. The minimum Gasteiger partial charge on any atom is -1.00 e. The molecular weight excluding hydrogens is 452 g/mol. The summed E-state index contributed by atoms with van der Waals surface area (Å²) in [6, 6.07) is 19.9. The Morgan fingerprint density at radius 1 is 0.852 bits per heavy atom. The van der Waals surface area contributed by atoms with Crippen molar-refractivity contribution in [3.63, 3.8) is 0 Å². The largest absolute Gasteiger partial charge is 1.00 e. The molecule has 1 heterocycles. The quantitative estimate of drug-likeness (QED) is 0.499. The molecule has 5 rings (SSSR count). The summed E-state index contributed by atoms with van der Waals surface area (Å²) in [6.45, 7) is 2.33. The van der Waals surface area contributed by atoms with E-state index in [0.717, 1.165) is 0 Å². The number of nitrogens with zero attached hydrogens (tertiary/aromatic N) is 1. The van der Waals surface area contributed by atoms with Gasteiger partial charge in [-0.05, 0) is 0 Å². The van der Waals surface area contributed by atoms with Crippen molar-refractivity contribution < 1.29 is 48.0 Å². The number of rotatable bonds is 3. The summed E-state index contributed by atoms with van der Waals surface area (Å²) in [5, 5.41) is 0. The van der Waals surface area contributed by atoms with E-state index in [-0.39, 0.29) is 24.8 Å². The average Bonchev–Trinajstić information content (AvgIpc) is 3.36. The van der Waals surface area contributed by atoms with E-state index in [0.29, 0.717) is 7.25 Å². The number of halogens is 2. The molecule has 2 atom stereocenters. The molecule has 2 aliphatic rings. The van der Waals surface area contributed by atoms with Gasteiger partial charge in [0.25, 0.3) is 0 Å². The predicted molar refractivity (Wildman–Crippen MR) is 100 cm³/mol. The maximum Gasteiger partial charge on any atom is -1.00 e. The van der Waals surface area contributed by atoms with Gasteiger partial charge < -0.3 is 24.8 Å². The molecule has 134 valence electrons. The van der Waals surface area contributed by atoms with Crippen LogP contribution < -0.4 is 24.8 Å². The second-order valence-electron chi connectivity index (χ2n) is 6.82. The minimum absolute atomic E-state index is 0. The Kier molecular flexibility index (Phi) is 6.31. The zero-order chi connectivity index (χ0) is 16.8. The van der Waals surface area contributed by atoms with Crippen molar-refractivity contribution in [3.8, 4) is 5.69 Å². The van der Waals surface area contributed by atoms with Crippen LogP contribution in [0, 0.1) is 0 Å². The van der Waals surface area contributed by atoms with Crippen LogP contribution in [0.4, 0.5) is 0 Å². The molecule has 2 aromatic carbocycles. The predicted octanol–water partition coefficient (Wildman–Crippen LogP) is -0.206. The second kappa shape index (κ2) is 8.35. The molecule has 2 unspecified atom stereocenters. The molecule has 1 aromatic heterocycles. The summed E-state index contributed by atoms with van der Waals surface area (Å²) >= 11 is -0.683. The van der Waals surface area contributed by atoms with Gasteiger partial charge in [-0.1, -0.05) is 0 Å². The molecular formula is C23H19Cl2NZr. The van der Waals surface area contributed by atoms with Crippen LogP contribution in [0.15, 0.2) is 78.6 Å². The van der Waals surface area contributed by atoms with Crippen molar-refractivity contribution in [1.29, 1.82) is 0 Å². The van der Waals surface area contributed by atoms with Crippen LogP contribution in [0.25, 0.3) is 17.8 Å². The van der Waals surface area contributed by atoms with E-state index < -0.39 is 23.2 Å². The van der Waals surface area contributed by atoms with Crippen LogP contribution >= 0.6 is 0 Å². The number of fused-ring (bicyclic) bond motifs is 2. The molecule has 3 aromatic rings. The molecule has 1 nitrogen and oxygen atoms in total. The smallest absolute Gasteiger partial charge is 1.00 e. The molecule has 0 bridgehead atoms. The van der Waals surface area contributed by atoms with Crippen molar-refractivity contribution in [2.75, 3.05) is 0 Å². The van der Waals surface area contributed by atoms with Crippen LogP contribution in [0.2, 0.25) is 0 Å². The van der Waals surface area contributed by atoms with E-state index in [9.17, 15) is 0 Å². The van der Waals surface area contributed by atoms with Gasteiger partial charge in [-0.25, -0.2) is 0 Å². The summed E-state index contributed by atoms with van der Waals surface area (Å²) in [6.07, 6.45) is 11.5. The first-order valence-corrected chi connectivity index (χ1v) is 11.6.